The molecule has 1 atom stereocenters. The van der Waals surface area contributed by atoms with Crippen LogP contribution in [0.5, 0.6) is 0 Å². The number of carboxylic acids is 1. The van der Waals surface area contributed by atoms with Crippen LogP contribution >= 0.6 is 0 Å². The van der Waals surface area contributed by atoms with Gasteiger partial charge in [-0.1, -0.05) is 0 Å². The monoisotopic (exact) mass is 166 g/mol. The van der Waals surface area contributed by atoms with E-state index in [9.17, 15) is 8.90 Å². The normalized spacial score (nSPS) is 14.3. The Bertz CT molecular complexity index is 126. The van der Waals surface area contributed by atoms with Gasteiger partial charge in [0.15, 0.2) is 0 Å². The number of hydrogen-bond acceptors (Lipinski definition) is 2. The molecule has 0 spiro atoms. The second-order valence-corrected chi connectivity index (χ2v) is 4.26. The third-order valence-corrected chi connectivity index (χ3v) is 2.91. The Kier molecular flexibility index (Phi) is 4.19. The van der Waals surface area contributed by atoms with Crippen LogP contribution in [0, 0.1) is 0 Å². The molecule has 52 valence electrons. The van der Waals surface area contributed by atoms with Gasteiger partial charge >= 0.3 is 15.3 Å². The van der Waals surface area contributed by atoms with E-state index in [4.69, 9.17) is 5.11 Å². The molecule has 6 heteroatoms. The first-order valence-electron chi connectivity index (χ1n) is 2.25. The van der Waals surface area contributed by atoms with Crippen LogP contribution in [0.3, 0.4) is 0 Å². The van der Waals surface area contributed by atoms with Crippen LogP contribution < -0.4 is 0 Å². The van der Waals surface area contributed by atoms with Gasteiger partial charge in [0.25, 0.3) is 0 Å². The van der Waals surface area contributed by atoms with E-state index in [1.165, 1.54) is 0 Å². The van der Waals surface area contributed by atoms with Gasteiger partial charge in [-0.25, -0.2) is 4.79 Å². The summed E-state index contributed by atoms with van der Waals surface area (Å²) in [5, 5.41) is 7.98. The van der Waals surface area contributed by atoms with Crippen molar-refractivity contribution in [2.24, 2.45) is 0 Å². The lowest BCUT2D eigenvalue weighted by molar-refractivity contribution is -0.131. The summed E-state index contributed by atoms with van der Waals surface area (Å²) in [6, 6.07) is 0. The van der Waals surface area contributed by atoms with E-state index in [0.717, 1.165) is 11.8 Å². The Balaban J connectivity index is 3.56. The van der Waals surface area contributed by atoms with Crippen LogP contribution in [-0.2, 0) is 8.91 Å². The molecule has 3 nitrogen and oxygen atoms in total. The topological polar surface area (TPSA) is 46.5 Å². The lowest BCUT2D eigenvalue weighted by atomic mass is 10.7. The van der Waals surface area contributed by atoms with E-state index in [1.807, 2.05) is 0 Å². The zero-order valence-electron chi connectivity index (χ0n) is 4.87. The Morgan fingerprint density at radius 3 is 2.78 bits per heavy atom. The molecular formula is C3H7FO3Si2. The first-order chi connectivity index (χ1) is 4.16. The van der Waals surface area contributed by atoms with E-state index in [2.05, 4.69) is 4.12 Å². The van der Waals surface area contributed by atoms with E-state index in [0.29, 0.717) is 10.5 Å². The Hall–Kier alpha value is -0.466. The molecule has 0 aliphatic heterocycles. The Morgan fingerprint density at radius 1 is 1.89 bits per heavy atom. The van der Waals surface area contributed by atoms with Crippen molar-refractivity contribution in [3.05, 3.63) is 11.8 Å². The Morgan fingerprint density at radius 2 is 2.44 bits per heavy atom. The fraction of sp³-hybridized carbons (Fsp3) is 0. The lowest BCUT2D eigenvalue weighted by Crippen LogP contribution is -2.06. The number of rotatable bonds is 3. The van der Waals surface area contributed by atoms with Crippen molar-refractivity contribution in [1.82, 2.24) is 0 Å². The first kappa shape index (κ1) is 8.53. The van der Waals surface area contributed by atoms with Crippen molar-refractivity contribution in [2.45, 2.75) is 0 Å². The average molecular weight is 166 g/mol. The highest BCUT2D eigenvalue weighted by molar-refractivity contribution is 6.54. The van der Waals surface area contributed by atoms with Crippen LogP contribution in [0.4, 0.5) is 4.11 Å². The maximum atomic E-state index is 12.1. The highest BCUT2D eigenvalue weighted by atomic mass is 28.4. The zero-order chi connectivity index (χ0) is 7.28. The minimum absolute atomic E-state index is 0.325. The van der Waals surface area contributed by atoms with Gasteiger partial charge in [0.1, 0.15) is 10.5 Å². The molecule has 0 rings (SSSR count). The van der Waals surface area contributed by atoms with Gasteiger partial charge in [-0.2, -0.15) is 0 Å². The summed E-state index contributed by atoms with van der Waals surface area (Å²) in [4.78, 5) is 9.74. The largest absolute Gasteiger partial charge is 0.478 e. The molecule has 9 heavy (non-hydrogen) atoms. The smallest absolute Gasteiger partial charge is 0.383 e. The van der Waals surface area contributed by atoms with E-state index in [1.54, 1.807) is 0 Å². The fourth-order valence-electron chi connectivity index (χ4n) is 0.237. The number of carbonyl (C=O) groups is 1. The molecule has 0 fully saturated rings. The first-order valence-corrected chi connectivity index (χ1v) is 4.64. The van der Waals surface area contributed by atoms with E-state index >= 15 is 0 Å². The summed E-state index contributed by atoms with van der Waals surface area (Å²) in [6.07, 6.45) is 0.773. The van der Waals surface area contributed by atoms with Gasteiger partial charge in [0.05, 0.1) is 0 Å². The summed E-state index contributed by atoms with van der Waals surface area (Å²) in [7, 11) is -2.41. The summed E-state index contributed by atoms with van der Waals surface area (Å²) in [6.45, 7) is 0. The van der Waals surface area contributed by atoms with Crippen LogP contribution in [0.2, 0.25) is 0 Å². The molecule has 0 amide bonds. The van der Waals surface area contributed by atoms with Gasteiger partial charge in [-0.15, -0.1) is 0 Å². The predicted octanol–water partition coefficient (Wildman–Crippen LogP) is -1.35. The van der Waals surface area contributed by atoms with Gasteiger partial charge < -0.3 is 9.22 Å². The fourth-order valence-corrected chi connectivity index (χ4v) is 1.18. The van der Waals surface area contributed by atoms with E-state index < -0.39 is 15.3 Å². The second kappa shape index (κ2) is 4.42. The minimum Gasteiger partial charge on any atom is -0.478 e. The summed E-state index contributed by atoms with van der Waals surface area (Å²) >= 11 is 0. The summed E-state index contributed by atoms with van der Waals surface area (Å²) in [5.74, 6) is -1.14. The number of aliphatic carboxylic acids is 1. The van der Waals surface area contributed by atoms with Crippen LogP contribution in [0.25, 0.3) is 0 Å². The maximum Gasteiger partial charge on any atom is 0.383 e. The predicted molar refractivity (Wildman–Crippen MR) is 36.1 cm³/mol. The average Bonchev–Trinajstić information content (AvgIpc) is 1.83. The van der Waals surface area contributed by atoms with Crippen molar-refractivity contribution < 1.29 is 18.1 Å². The highest BCUT2D eigenvalue weighted by Gasteiger charge is 2.00. The molecule has 0 heterocycles. The SMILES string of the molecule is O=C(O)C=C[SiH](F)O[SiH3]. The lowest BCUT2D eigenvalue weighted by Gasteiger charge is -1.92. The minimum atomic E-state index is -2.74. The van der Waals surface area contributed by atoms with Gasteiger partial charge in [0, 0.05) is 6.08 Å². The van der Waals surface area contributed by atoms with Crippen LogP contribution in [-0.4, -0.2) is 30.9 Å². The second-order valence-electron chi connectivity index (χ2n) is 1.28. The molecule has 0 saturated heterocycles. The molecule has 0 bridgehead atoms. The van der Waals surface area contributed by atoms with Crippen LogP contribution in [0.1, 0.15) is 0 Å². The molecule has 0 saturated carbocycles. The van der Waals surface area contributed by atoms with Crippen molar-refractivity contribution >= 4 is 25.8 Å². The van der Waals surface area contributed by atoms with Crippen molar-refractivity contribution in [2.75, 3.05) is 0 Å². The molecule has 0 radical (unpaired) electrons. The number of halogens is 1. The number of hydrogen-bond donors (Lipinski definition) is 1. The van der Waals surface area contributed by atoms with E-state index in [-0.39, 0.29) is 0 Å². The molecule has 1 unspecified atom stereocenters. The third kappa shape index (κ3) is 5.40. The molecule has 0 aromatic carbocycles. The molecule has 0 aromatic heterocycles. The Labute approximate surface area is 56.6 Å². The van der Waals surface area contributed by atoms with Gasteiger partial charge in [-0.3, -0.25) is 4.11 Å². The van der Waals surface area contributed by atoms with Gasteiger partial charge in [0.2, 0.25) is 0 Å². The highest BCUT2D eigenvalue weighted by Crippen LogP contribution is 1.85. The maximum absolute atomic E-state index is 12.1. The van der Waals surface area contributed by atoms with Gasteiger partial charge in [-0.05, 0) is 5.70 Å². The zero-order valence-corrected chi connectivity index (χ0v) is 8.03. The van der Waals surface area contributed by atoms with Crippen molar-refractivity contribution in [3.63, 3.8) is 0 Å². The molecular weight excluding hydrogens is 159 g/mol. The molecule has 0 aromatic rings. The standard InChI is InChI=1S/C3H7FO3Si2/c4-9(7-8)2-1-3(5)6/h1-2,9H,8H3,(H,5,6). The quantitative estimate of drug-likeness (QED) is 0.320. The third-order valence-electron chi connectivity index (χ3n) is 0.615. The summed E-state index contributed by atoms with van der Waals surface area (Å²) < 4.78 is 16.5. The molecule has 1 N–H and O–H groups in total. The van der Waals surface area contributed by atoms with Crippen LogP contribution in [0.15, 0.2) is 11.8 Å². The molecule has 0 aliphatic carbocycles. The number of carboxylic acid groups (broad SMARTS) is 1. The molecule has 0 aliphatic rings. The van der Waals surface area contributed by atoms with Crippen molar-refractivity contribution in [1.29, 1.82) is 0 Å². The van der Waals surface area contributed by atoms with Crippen molar-refractivity contribution in [3.8, 4) is 0 Å². The summed E-state index contributed by atoms with van der Waals surface area (Å²) in [5.41, 5.74) is 0.981.